The number of hydrogen-bond acceptors (Lipinski definition) is 2. The van der Waals surface area contributed by atoms with Crippen LogP contribution < -0.4 is 0 Å². The molecule has 0 amide bonds. The Morgan fingerprint density at radius 3 is 2.50 bits per heavy atom. The predicted molar refractivity (Wildman–Crippen MR) is 70.0 cm³/mol. The Labute approximate surface area is 106 Å². The number of benzene rings is 2. The van der Waals surface area contributed by atoms with Gasteiger partial charge in [-0.25, -0.2) is 4.39 Å². The number of ether oxygens (including phenoxy) is 1. The maximum absolute atomic E-state index is 13.7. The molecular weight excluding hydrogens is 229 g/mol. The topological polar surface area (TPSA) is 12.5 Å². The summed E-state index contributed by atoms with van der Waals surface area (Å²) in [6.45, 7) is 4.35. The number of nitrogens with zero attached hydrogens (tertiary/aromatic N) is 1. The lowest BCUT2D eigenvalue weighted by atomic mass is 10.0. The summed E-state index contributed by atoms with van der Waals surface area (Å²) in [5.41, 5.74) is 1.19. The van der Waals surface area contributed by atoms with Crippen molar-refractivity contribution >= 4 is 10.8 Å². The summed E-state index contributed by atoms with van der Waals surface area (Å²) < 4.78 is 19.1. The standard InChI is InChI=1S/C15H16FNO/c16-15-6-5-12(11-17-7-9-18-10-8-17)13-3-1-2-4-14(13)15/h1-6H,7-11H2. The van der Waals surface area contributed by atoms with Gasteiger partial charge in [0.05, 0.1) is 13.2 Å². The van der Waals surface area contributed by atoms with Gasteiger partial charge in [-0.3, -0.25) is 4.90 Å². The fourth-order valence-corrected chi connectivity index (χ4v) is 2.46. The first kappa shape index (κ1) is 11.6. The van der Waals surface area contributed by atoms with Crippen LogP contribution in [0.3, 0.4) is 0 Å². The van der Waals surface area contributed by atoms with Crippen LogP contribution in [0.1, 0.15) is 5.56 Å². The van der Waals surface area contributed by atoms with Crippen molar-refractivity contribution in [3.8, 4) is 0 Å². The second kappa shape index (κ2) is 5.04. The lowest BCUT2D eigenvalue weighted by Crippen LogP contribution is -2.35. The Balaban J connectivity index is 1.94. The first-order valence-electron chi connectivity index (χ1n) is 6.31. The monoisotopic (exact) mass is 245 g/mol. The van der Waals surface area contributed by atoms with Crippen LogP contribution in [0, 0.1) is 5.82 Å². The van der Waals surface area contributed by atoms with Gasteiger partial charge in [-0.05, 0) is 17.0 Å². The molecule has 1 fully saturated rings. The normalized spacial score (nSPS) is 17.2. The largest absolute Gasteiger partial charge is 0.379 e. The first-order chi connectivity index (χ1) is 8.84. The smallest absolute Gasteiger partial charge is 0.131 e. The molecule has 0 saturated carbocycles. The van der Waals surface area contributed by atoms with Crippen molar-refractivity contribution in [1.29, 1.82) is 0 Å². The molecule has 3 heteroatoms. The quantitative estimate of drug-likeness (QED) is 0.806. The Morgan fingerprint density at radius 1 is 1.00 bits per heavy atom. The van der Waals surface area contributed by atoms with Crippen LogP contribution in [0.25, 0.3) is 10.8 Å². The Bertz CT molecular complexity index is 549. The number of halogens is 1. The van der Waals surface area contributed by atoms with Gasteiger partial charge in [0.2, 0.25) is 0 Å². The fourth-order valence-electron chi connectivity index (χ4n) is 2.46. The highest BCUT2D eigenvalue weighted by atomic mass is 19.1. The van der Waals surface area contributed by atoms with Gasteiger partial charge >= 0.3 is 0 Å². The van der Waals surface area contributed by atoms with E-state index in [1.165, 1.54) is 5.56 Å². The van der Waals surface area contributed by atoms with E-state index in [-0.39, 0.29) is 5.82 Å². The molecule has 2 nitrogen and oxygen atoms in total. The molecule has 0 atom stereocenters. The van der Waals surface area contributed by atoms with E-state index in [9.17, 15) is 4.39 Å². The molecule has 0 radical (unpaired) electrons. The third-order valence-corrected chi connectivity index (χ3v) is 3.46. The van der Waals surface area contributed by atoms with Crippen LogP contribution in [0.5, 0.6) is 0 Å². The van der Waals surface area contributed by atoms with Gasteiger partial charge in [0.25, 0.3) is 0 Å². The molecule has 94 valence electrons. The Hall–Kier alpha value is -1.45. The molecule has 2 aromatic rings. The SMILES string of the molecule is Fc1ccc(CN2CCOCC2)c2ccccc12. The van der Waals surface area contributed by atoms with Gasteiger partial charge < -0.3 is 4.74 Å². The van der Waals surface area contributed by atoms with E-state index in [0.717, 1.165) is 38.2 Å². The molecule has 18 heavy (non-hydrogen) atoms. The van der Waals surface area contributed by atoms with Gasteiger partial charge in [0, 0.05) is 25.0 Å². The lowest BCUT2D eigenvalue weighted by molar-refractivity contribution is 0.0343. The van der Waals surface area contributed by atoms with E-state index in [2.05, 4.69) is 4.90 Å². The molecule has 1 heterocycles. The molecule has 2 aromatic carbocycles. The second-order valence-corrected chi connectivity index (χ2v) is 4.64. The fraction of sp³-hybridized carbons (Fsp3) is 0.333. The zero-order chi connectivity index (χ0) is 12.4. The van der Waals surface area contributed by atoms with Gasteiger partial charge in [-0.1, -0.05) is 30.3 Å². The molecule has 1 aliphatic heterocycles. The summed E-state index contributed by atoms with van der Waals surface area (Å²) >= 11 is 0. The molecule has 1 saturated heterocycles. The first-order valence-corrected chi connectivity index (χ1v) is 6.31. The van der Waals surface area contributed by atoms with Crippen LogP contribution >= 0.6 is 0 Å². The van der Waals surface area contributed by atoms with E-state index >= 15 is 0 Å². The minimum atomic E-state index is -0.142. The van der Waals surface area contributed by atoms with E-state index in [0.29, 0.717) is 5.39 Å². The molecule has 0 N–H and O–H groups in total. The average Bonchev–Trinajstić information content (AvgIpc) is 2.44. The molecule has 0 aliphatic carbocycles. The minimum absolute atomic E-state index is 0.142. The summed E-state index contributed by atoms with van der Waals surface area (Å²) in [6, 6.07) is 11.1. The van der Waals surface area contributed by atoms with Crippen molar-refractivity contribution in [3.63, 3.8) is 0 Å². The molecule has 0 aromatic heterocycles. The van der Waals surface area contributed by atoms with Crippen molar-refractivity contribution in [3.05, 3.63) is 47.8 Å². The third-order valence-electron chi connectivity index (χ3n) is 3.46. The van der Waals surface area contributed by atoms with E-state index in [4.69, 9.17) is 4.74 Å². The van der Waals surface area contributed by atoms with Gasteiger partial charge in [0.15, 0.2) is 0 Å². The van der Waals surface area contributed by atoms with Crippen LogP contribution in [-0.4, -0.2) is 31.2 Å². The van der Waals surface area contributed by atoms with Gasteiger partial charge in [-0.2, -0.15) is 0 Å². The maximum Gasteiger partial charge on any atom is 0.131 e. The Kier molecular flexibility index (Phi) is 3.26. The summed E-state index contributed by atoms with van der Waals surface area (Å²) in [6.07, 6.45) is 0. The zero-order valence-electron chi connectivity index (χ0n) is 10.2. The van der Waals surface area contributed by atoms with Crippen molar-refractivity contribution in [2.45, 2.75) is 6.54 Å². The number of fused-ring (bicyclic) bond motifs is 1. The van der Waals surface area contributed by atoms with E-state index in [1.54, 1.807) is 6.07 Å². The van der Waals surface area contributed by atoms with Crippen LogP contribution in [-0.2, 0) is 11.3 Å². The van der Waals surface area contributed by atoms with E-state index < -0.39 is 0 Å². The van der Waals surface area contributed by atoms with Crippen molar-refractivity contribution < 1.29 is 9.13 Å². The number of hydrogen-bond donors (Lipinski definition) is 0. The molecule has 1 aliphatic rings. The number of rotatable bonds is 2. The van der Waals surface area contributed by atoms with Crippen LogP contribution in [0.2, 0.25) is 0 Å². The molecule has 0 spiro atoms. The summed E-state index contributed by atoms with van der Waals surface area (Å²) in [5.74, 6) is -0.142. The van der Waals surface area contributed by atoms with Crippen molar-refractivity contribution in [2.24, 2.45) is 0 Å². The van der Waals surface area contributed by atoms with E-state index in [1.807, 2.05) is 30.3 Å². The summed E-state index contributed by atoms with van der Waals surface area (Å²) in [7, 11) is 0. The number of morpholine rings is 1. The highest BCUT2D eigenvalue weighted by molar-refractivity contribution is 5.86. The van der Waals surface area contributed by atoms with Crippen LogP contribution in [0.4, 0.5) is 4.39 Å². The average molecular weight is 245 g/mol. The molecule has 0 unspecified atom stereocenters. The lowest BCUT2D eigenvalue weighted by Gasteiger charge is -2.27. The molecule has 0 bridgehead atoms. The highest BCUT2D eigenvalue weighted by Crippen LogP contribution is 2.23. The Morgan fingerprint density at radius 2 is 1.72 bits per heavy atom. The second-order valence-electron chi connectivity index (χ2n) is 4.64. The predicted octanol–water partition coefficient (Wildman–Crippen LogP) is 2.81. The molecule has 3 rings (SSSR count). The van der Waals surface area contributed by atoms with Crippen molar-refractivity contribution in [2.75, 3.05) is 26.3 Å². The van der Waals surface area contributed by atoms with Crippen molar-refractivity contribution in [1.82, 2.24) is 4.90 Å². The maximum atomic E-state index is 13.7. The summed E-state index contributed by atoms with van der Waals surface area (Å²) in [5, 5.41) is 1.73. The zero-order valence-corrected chi connectivity index (χ0v) is 10.2. The third kappa shape index (κ3) is 2.24. The van der Waals surface area contributed by atoms with Gasteiger partial charge in [-0.15, -0.1) is 0 Å². The van der Waals surface area contributed by atoms with Gasteiger partial charge in [0.1, 0.15) is 5.82 Å². The minimum Gasteiger partial charge on any atom is -0.379 e. The van der Waals surface area contributed by atoms with Crippen LogP contribution in [0.15, 0.2) is 36.4 Å². The molecular formula is C15H16FNO. The summed E-state index contributed by atoms with van der Waals surface area (Å²) in [4.78, 5) is 2.35. The highest BCUT2D eigenvalue weighted by Gasteiger charge is 2.13.